The summed E-state index contributed by atoms with van der Waals surface area (Å²) < 4.78 is 0. The third kappa shape index (κ3) is 3.05. The van der Waals surface area contributed by atoms with Crippen LogP contribution in [0, 0.1) is 0 Å². The Balaban J connectivity index is 0.00000121. The van der Waals surface area contributed by atoms with Crippen LogP contribution in [0.15, 0.2) is 12.5 Å². The minimum absolute atomic E-state index is 0. The van der Waals surface area contributed by atoms with Gasteiger partial charge in [-0.15, -0.1) is 0 Å². The zero-order valence-electron chi connectivity index (χ0n) is 5.82. The van der Waals surface area contributed by atoms with Gasteiger partial charge in [0.2, 0.25) is 0 Å². The molecule has 0 spiro atoms. The first-order chi connectivity index (χ1) is 5.20. The molecule has 0 aliphatic carbocycles. The maximum absolute atomic E-state index is 10.3. The maximum atomic E-state index is 10.3. The lowest BCUT2D eigenvalue weighted by Gasteiger charge is -2.02. The lowest BCUT2D eigenvalue weighted by molar-refractivity contribution is -0.138. The zero-order chi connectivity index (χ0) is 8.27. The predicted octanol–water partition coefficient (Wildman–Crippen LogP) is -1.82. The lowest BCUT2D eigenvalue weighted by Crippen LogP contribution is -2.32. The van der Waals surface area contributed by atoms with Gasteiger partial charge < -0.3 is 15.8 Å². The highest BCUT2D eigenvalue weighted by Gasteiger charge is 2.11. The molecule has 1 heterocycles. The molecule has 0 aliphatic heterocycles. The smallest absolute Gasteiger partial charge is 0.320 e. The van der Waals surface area contributed by atoms with Gasteiger partial charge in [-0.2, -0.15) is 0 Å². The molecular formula is C6H12AlN3O2. The van der Waals surface area contributed by atoms with Crippen LogP contribution in [0.1, 0.15) is 5.69 Å². The Morgan fingerprint density at radius 2 is 2.50 bits per heavy atom. The molecule has 4 N–H and O–H groups in total. The van der Waals surface area contributed by atoms with Gasteiger partial charge in [-0.05, 0) is 0 Å². The van der Waals surface area contributed by atoms with Crippen molar-refractivity contribution in [2.45, 2.75) is 12.5 Å². The van der Waals surface area contributed by atoms with Gasteiger partial charge in [0.1, 0.15) is 6.04 Å². The highest BCUT2D eigenvalue weighted by Crippen LogP contribution is 1.95. The van der Waals surface area contributed by atoms with Crippen LogP contribution in [0.4, 0.5) is 0 Å². The Kier molecular flexibility index (Phi) is 4.59. The Morgan fingerprint density at radius 3 is 2.92 bits per heavy atom. The van der Waals surface area contributed by atoms with Crippen molar-refractivity contribution >= 4 is 23.3 Å². The Hall–Kier alpha value is -0.828. The number of carboxylic acids is 1. The normalized spacial score (nSPS) is 11.8. The van der Waals surface area contributed by atoms with Gasteiger partial charge in [-0.3, -0.25) is 4.79 Å². The topological polar surface area (TPSA) is 92.0 Å². The van der Waals surface area contributed by atoms with Crippen molar-refractivity contribution in [2.75, 3.05) is 0 Å². The Labute approximate surface area is 80.1 Å². The number of nitrogens with zero attached hydrogens (tertiary/aromatic N) is 1. The van der Waals surface area contributed by atoms with Gasteiger partial charge in [0.05, 0.1) is 6.33 Å². The van der Waals surface area contributed by atoms with E-state index in [0.717, 1.165) is 5.69 Å². The number of nitrogens with one attached hydrogen (secondary N) is 1. The van der Waals surface area contributed by atoms with Crippen LogP contribution in [0.25, 0.3) is 0 Å². The first-order valence-corrected chi connectivity index (χ1v) is 3.16. The fourth-order valence-corrected chi connectivity index (χ4v) is 0.721. The van der Waals surface area contributed by atoms with Crippen LogP contribution in [0.2, 0.25) is 0 Å². The molecule has 0 saturated carbocycles. The standard InChI is InChI=1S/C6H9N3O2.Al.3H/c7-5(6(10)11)1-4-2-8-3-9-4;;;;/h2-3,5H,1,7H2,(H,8,9)(H,10,11);;;;/t5-;;;;/m0..../s1. The van der Waals surface area contributed by atoms with Crippen molar-refractivity contribution in [3.8, 4) is 0 Å². The number of hydrogen-bond donors (Lipinski definition) is 3. The number of imidazole rings is 1. The number of hydrogen-bond acceptors (Lipinski definition) is 3. The van der Waals surface area contributed by atoms with Crippen molar-refractivity contribution in [2.24, 2.45) is 5.73 Å². The monoisotopic (exact) mass is 185 g/mol. The third-order valence-corrected chi connectivity index (χ3v) is 1.31. The van der Waals surface area contributed by atoms with Crippen molar-refractivity contribution in [3.05, 3.63) is 18.2 Å². The molecule has 0 aromatic carbocycles. The molecule has 5 nitrogen and oxygen atoms in total. The van der Waals surface area contributed by atoms with Gasteiger partial charge >= 0.3 is 5.97 Å². The summed E-state index contributed by atoms with van der Waals surface area (Å²) in [7, 11) is 0. The van der Waals surface area contributed by atoms with Gasteiger partial charge in [0.25, 0.3) is 0 Å². The summed E-state index contributed by atoms with van der Waals surface area (Å²) in [5.41, 5.74) is 6.00. The Bertz CT molecular complexity index is 237. The summed E-state index contributed by atoms with van der Waals surface area (Å²) in [6.07, 6.45) is 3.34. The molecule has 0 aliphatic rings. The molecule has 0 fully saturated rings. The van der Waals surface area contributed by atoms with E-state index in [2.05, 4.69) is 9.97 Å². The van der Waals surface area contributed by atoms with Crippen molar-refractivity contribution < 1.29 is 9.90 Å². The van der Waals surface area contributed by atoms with E-state index in [4.69, 9.17) is 10.8 Å². The first-order valence-electron chi connectivity index (χ1n) is 3.16. The summed E-state index contributed by atoms with van der Waals surface area (Å²) in [4.78, 5) is 16.8. The number of aliphatic carboxylic acids is 1. The van der Waals surface area contributed by atoms with Crippen LogP contribution in [0.5, 0.6) is 0 Å². The summed E-state index contributed by atoms with van der Waals surface area (Å²) in [6.45, 7) is 0. The fraction of sp³-hybridized carbons (Fsp3) is 0.333. The largest absolute Gasteiger partial charge is 0.480 e. The number of nitrogens with two attached hydrogens (primary N) is 1. The quantitative estimate of drug-likeness (QED) is 0.483. The predicted molar refractivity (Wildman–Crippen MR) is 47.8 cm³/mol. The molecule has 1 rings (SSSR count). The van der Waals surface area contributed by atoms with Crippen molar-refractivity contribution in [1.82, 2.24) is 9.97 Å². The van der Waals surface area contributed by atoms with Gasteiger partial charge in [-0.25, -0.2) is 4.98 Å². The minimum atomic E-state index is -1.00. The second-order valence-electron chi connectivity index (χ2n) is 2.23. The maximum Gasteiger partial charge on any atom is 0.320 e. The van der Waals surface area contributed by atoms with E-state index in [1.54, 1.807) is 6.20 Å². The molecule has 0 amide bonds. The van der Waals surface area contributed by atoms with E-state index in [1.807, 2.05) is 0 Å². The van der Waals surface area contributed by atoms with Crippen LogP contribution >= 0.6 is 0 Å². The van der Waals surface area contributed by atoms with Crippen LogP contribution in [-0.4, -0.2) is 44.4 Å². The Morgan fingerprint density at radius 1 is 1.83 bits per heavy atom. The zero-order valence-corrected chi connectivity index (χ0v) is 5.82. The molecule has 1 atom stereocenters. The number of H-pyrrole nitrogens is 1. The first kappa shape index (κ1) is 11.2. The number of aromatic nitrogens is 2. The van der Waals surface area contributed by atoms with Crippen molar-refractivity contribution in [1.29, 1.82) is 0 Å². The molecule has 12 heavy (non-hydrogen) atoms. The molecule has 66 valence electrons. The number of carbonyl (C=O) groups is 1. The summed E-state index contributed by atoms with van der Waals surface area (Å²) in [5.74, 6) is -1.00. The van der Waals surface area contributed by atoms with E-state index in [0.29, 0.717) is 0 Å². The highest BCUT2D eigenvalue weighted by molar-refractivity contribution is 5.75. The molecule has 0 radical (unpaired) electrons. The SMILES string of the molecule is N[C@@H](Cc1cnc[nH]1)C(=O)O.[AlH3]. The van der Waals surface area contributed by atoms with E-state index in [9.17, 15) is 4.79 Å². The third-order valence-electron chi connectivity index (χ3n) is 1.31. The summed E-state index contributed by atoms with van der Waals surface area (Å²) in [5, 5.41) is 8.42. The van der Waals surface area contributed by atoms with Crippen LogP contribution in [0.3, 0.4) is 0 Å². The minimum Gasteiger partial charge on any atom is -0.480 e. The van der Waals surface area contributed by atoms with Gasteiger partial charge in [-0.1, -0.05) is 0 Å². The molecule has 6 heteroatoms. The summed E-state index contributed by atoms with van der Waals surface area (Å²) >= 11 is 0. The average molecular weight is 185 g/mol. The molecule has 1 aromatic heterocycles. The lowest BCUT2D eigenvalue weighted by atomic mass is 10.2. The second kappa shape index (κ2) is 4.93. The fourth-order valence-electron chi connectivity index (χ4n) is 0.721. The number of carboxylic acid groups (broad SMARTS) is 1. The molecule has 0 unspecified atom stereocenters. The molecule has 0 saturated heterocycles. The molecular weight excluding hydrogens is 173 g/mol. The van der Waals surface area contributed by atoms with E-state index >= 15 is 0 Å². The van der Waals surface area contributed by atoms with E-state index in [-0.39, 0.29) is 23.8 Å². The van der Waals surface area contributed by atoms with E-state index < -0.39 is 12.0 Å². The van der Waals surface area contributed by atoms with Crippen LogP contribution < -0.4 is 5.73 Å². The average Bonchev–Trinajstić information content (AvgIpc) is 2.39. The number of rotatable bonds is 3. The van der Waals surface area contributed by atoms with Crippen molar-refractivity contribution in [3.63, 3.8) is 0 Å². The molecule has 0 bridgehead atoms. The molecule has 1 aromatic rings. The van der Waals surface area contributed by atoms with Gasteiger partial charge in [0, 0.05) is 18.3 Å². The number of aromatic amines is 1. The summed E-state index contributed by atoms with van der Waals surface area (Å²) in [6, 6.07) is -0.851. The van der Waals surface area contributed by atoms with Gasteiger partial charge in [0.15, 0.2) is 17.4 Å². The second-order valence-corrected chi connectivity index (χ2v) is 2.23. The van der Waals surface area contributed by atoms with Crippen LogP contribution in [-0.2, 0) is 11.2 Å². The highest BCUT2D eigenvalue weighted by atomic mass is 27.0. The van der Waals surface area contributed by atoms with E-state index in [1.165, 1.54) is 6.33 Å².